The van der Waals surface area contributed by atoms with Gasteiger partial charge in [0, 0.05) is 35.0 Å². The van der Waals surface area contributed by atoms with Crippen LogP contribution in [0.15, 0.2) is 42.5 Å². The number of anilines is 2. The number of rotatable bonds is 7. The van der Waals surface area contributed by atoms with Crippen LogP contribution in [-0.4, -0.2) is 10.9 Å². The van der Waals surface area contributed by atoms with Crippen LogP contribution in [0.3, 0.4) is 0 Å². The molecule has 4 heteroatoms. The maximum Gasteiger partial charge on any atom is 0.224 e. The van der Waals surface area contributed by atoms with Gasteiger partial charge in [-0.15, -0.1) is 12.3 Å². The average molecular weight is 345 g/mol. The van der Waals surface area contributed by atoms with E-state index in [9.17, 15) is 4.79 Å². The number of amides is 1. The first-order valence-corrected chi connectivity index (χ1v) is 8.99. The number of unbranched alkanes of at least 4 members (excludes halogenated alkanes) is 4. The Hall–Kier alpha value is -3.06. The molecule has 26 heavy (non-hydrogen) atoms. The minimum absolute atomic E-state index is 0.0336. The van der Waals surface area contributed by atoms with Crippen molar-refractivity contribution >= 4 is 39.1 Å². The van der Waals surface area contributed by atoms with Crippen molar-refractivity contribution in [2.75, 3.05) is 11.1 Å². The molecule has 2 aromatic carbocycles. The molecule has 1 aromatic heterocycles. The van der Waals surface area contributed by atoms with E-state index in [4.69, 9.17) is 12.2 Å². The topological polar surface area (TPSA) is 68.0 Å². The zero-order chi connectivity index (χ0) is 18.4. The van der Waals surface area contributed by atoms with E-state index in [1.807, 2.05) is 36.4 Å². The summed E-state index contributed by atoms with van der Waals surface area (Å²) < 4.78 is 0. The lowest BCUT2D eigenvalue weighted by molar-refractivity contribution is -0.116. The lowest BCUT2D eigenvalue weighted by Crippen LogP contribution is -2.11. The maximum absolute atomic E-state index is 12.1. The highest BCUT2D eigenvalue weighted by atomic mass is 16.1. The number of carbonyl (C=O) groups excluding carboxylic acids is 1. The molecular formula is C22H23N3O. The van der Waals surface area contributed by atoms with Crippen molar-refractivity contribution in [1.82, 2.24) is 4.98 Å². The fourth-order valence-electron chi connectivity index (χ4n) is 3.01. The van der Waals surface area contributed by atoms with Gasteiger partial charge in [-0.1, -0.05) is 25.0 Å². The first kappa shape index (κ1) is 17.8. The lowest BCUT2D eigenvalue weighted by Gasteiger charge is -2.08. The molecule has 1 amide bonds. The van der Waals surface area contributed by atoms with Crippen LogP contribution in [0, 0.1) is 12.3 Å². The summed E-state index contributed by atoms with van der Waals surface area (Å²) in [7, 11) is 0. The molecule has 3 N–H and O–H groups in total. The van der Waals surface area contributed by atoms with Crippen molar-refractivity contribution < 1.29 is 4.79 Å². The van der Waals surface area contributed by atoms with Crippen LogP contribution in [0.5, 0.6) is 0 Å². The predicted molar refractivity (Wildman–Crippen MR) is 109 cm³/mol. The Bertz CT molecular complexity index is 972. The van der Waals surface area contributed by atoms with Gasteiger partial charge in [-0.05, 0) is 43.2 Å². The van der Waals surface area contributed by atoms with E-state index in [-0.39, 0.29) is 5.91 Å². The van der Waals surface area contributed by atoms with Crippen molar-refractivity contribution in [2.24, 2.45) is 0 Å². The number of hydrogen-bond acceptors (Lipinski definition) is 3. The van der Waals surface area contributed by atoms with Crippen LogP contribution in [0.2, 0.25) is 0 Å². The van der Waals surface area contributed by atoms with Crippen molar-refractivity contribution in [3.63, 3.8) is 0 Å². The molecule has 0 spiro atoms. The molecule has 3 rings (SSSR count). The Morgan fingerprint density at radius 1 is 1.00 bits per heavy atom. The van der Waals surface area contributed by atoms with Crippen LogP contribution in [0.1, 0.15) is 38.5 Å². The first-order chi connectivity index (χ1) is 12.7. The van der Waals surface area contributed by atoms with Crippen LogP contribution < -0.4 is 11.1 Å². The average Bonchev–Trinajstić information content (AvgIpc) is 2.63. The molecule has 0 atom stereocenters. The molecule has 0 aliphatic carbocycles. The van der Waals surface area contributed by atoms with Gasteiger partial charge >= 0.3 is 0 Å². The van der Waals surface area contributed by atoms with E-state index in [0.717, 1.165) is 59.6 Å². The molecular weight excluding hydrogens is 322 g/mol. The molecule has 0 aliphatic rings. The highest BCUT2D eigenvalue weighted by molar-refractivity contribution is 5.97. The maximum atomic E-state index is 12.1. The predicted octanol–water partition coefficient (Wildman–Crippen LogP) is 4.88. The van der Waals surface area contributed by atoms with Gasteiger partial charge in [0.1, 0.15) is 0 Å². The highest BCUT2D eigenvalue weighted by Crippen LogP contribution is 2.24. The van der Waals surface area contributed by atoms with Crippen LogP contribution in [-0.2, 0) is 4.79 Å². The number of pyridine rings is 1. The zero-order valence-electron chi connectivity index (χ0n) is 14.8. The number of hydrogen-bond donors (Lipinski definition) is 2. The third-order valence-electron chi connectivity index (χ3n) is 4.40. The zero-order valence-corrected chi connectivity index (χ0v) is 14.8. The number of carbonyl (C=O) groups is 1. The van der Waals surface area contributed by atoms with E-state index in [2.05, 4.69) is 22.3 Å². The van der Waals surface area contributed by atoms with Crippen LogP contribution >= 0.6 is 0 Å². The molecule has 3 aromatic rings. The van der Waals surface area contributed by atoms with Crippen LogP contribution in [0.25, 0.3) is 21.8 Å². The molecule has 0 saturated heterocycles. The normalized spacial score (nSPS) is 10.7. The molecule has 0 bridgehead atoms. The monoisotopic (exact) mass is 345 g/mol. The van der Waals surface area contributed by atoms with Gasteiger partial charge in [-0.3, -0.25) is 4.79 Å². The highest BCUT2D eigenvalue weighted by Gasteiger charge is 2.05. The van der Waals surface area contributed by atoms with Gasteiger partial charge in [0.25, 0.3) is 0 Å². The molecule has 0 fully saturated rings. The SMILES string of the molecule is C#CCCCCCCC(=O)Nc1ccc2cc3ccc(N)cc3nc2c1. The van der Waals surface area contributed by atoms with Gasteiger partial charge in [0.05, 0.1) is 11.0 Å². The minimum Gasteiger partial charge on any atom is -0.399 e. The standard InChI is InChI=1S/C22H23N3O/c1-2-3-4-5-6-7-8-22(26)24-19-12-10-17-13-16-9-11-18(23)14-20(16)25-21(17)15-19/h1,9-15H,3-8,23H2,(H,24,26). The van der Waals surface area contributed by atoms with E-state index in [0.29, 0.717) is 12.1 Å². The molecule has 1 heterocycles. The Morgan fingerprint density at radius 3 is 2.54 bits per heavy atom. The van der Waals surface area contributed by atoms with Gasteiger partial charge < -0.3 is 11.1 Å². The van der Waals surface area contributed by atoms with E-state index >= 15 is 0 Å². The molecule has 0 saturated carbocycles. The lowest BCUT2D eigenvalue weighted by atomic mass is 10.1. The fraction of sp³-hybridized carbons (Fsp3) is 0.273. The Morgan fingerprint density at radius 2 is 1.73 bits per heavy atom. The second-order valence-corrected chi connectivity index (χ2v) is 6.51. The third kappa shape index (κ3) is 4.52. The summed E-state index contributed by atoms with van der Waals surface area (Å²) in [6.45, 7) is 0. The summed E-state index contributed by atoms with van der Waals surface area (Å²) in [4.78, 5) is 16.8. The Labute approximate surface area is 153 Å². The smallest absolute Gasteiger partial charge is 0.224 e. The Balaban J connectivity index is 1.64. The number of nitrogen functional groups attached to an aromatic ring is 1. The van der Waals surface area contributed by atoms with E-state index in [1.165, 1.54) is 0 Å². The summed E-state index contributed by atoms with van der Waals surface area (Å²) in [5.41, 5.74) is 9.00. The largest absolute Gasteiger partial charge is 0.399 e. The van der Waals surface area contributed by atoms with Crippen molar-refractivity contribution in [3.05, 3.63) is 42.5 Å². The summed E-state index contributed by atoms with van der Waals surface area (Å²) >= 11 is 0. The number of aromatic nitrogens is 1. The molecule has 132 valence electrons. The van der Waals surface area contributed by atoms with Gasteiger partial charge in [0.2, 0.25) is 5.91 Å². The second-order valence-electron chi connectivity index (χ2n) is 6.51. The third-order valence-corrected chi connectivity index (χ3v) is 4.40. The second kappa shape index (κ2) is 8.35. The number of nitrogens with zero attached hydrogens (tertiary/aromatic N) is 1. The van der Waals surface area contributed by atoms with E-state index in [1.54, 1.807) is 0 Å². The summed E-state index contributed by atoms with van der Waals surface area (Å²) in [5, 5.41) is 5.04. The Kier molecular flexibility index (Phi) is 5.70. The molecule has 4 nitrogen and oxygen atoms in total. The molecule has 0 radical (unpaired) electrons. The van der Waals surface area contributed by atoms with E-state index < -0.39 is 0 Å². The number of nitrogens with two attached hydrogens (primary N) is 1. The summed E-state index contributed by atoms with van der Waals surface area (Å²) in [5.74, 6) is 2.67. The van der Waals surface area contributed by atoms with Gasteiger partial charge in [0.15, 0.2) is 0 Å². The van der Waals surface area contributed by atoms with Crippen molar-refractivity contribution in [1.29, 1.82) is 0 Å². The van der Waals surface area contributed by atoms with Gasteiger partial charge in [-0.25, -0.2) is 4.98 Å². The summed E-state index contributed by atoms with van der Waals surface area (Å²) in [6.07, 6.45) is 10.6. The molecule has 0 aliphatic heterocycles. The van der Waals surface area contributed by atoms with Crippen LogP contribution in [0.4, 0.5) is 11.4 Å². The van der Waals surface area contributed by atoms with Crippen molar-refractivity contribution in [2.45, 2.75) is 38.5 Å². The quantitative estimate of drug-likeness (QED) is 0.277. The number of terminal acetylenes is 1. The fourth-order valence-corrected chi connectivity index (χ4v) is 3.01. The van der Waals surface area contributed by atoms with Crippen molar-refractivity contribution in [3.8, 4) is 12.3 Å². The summed E-state index contributed by atoms with van der Waals surface area (Å²) in [6, 6.07) is 13.6. The number of nitrogens with one attached hydrogen (secondary N) is 1. The minimum atomic E-state index is 0.0336. The number of benzene rings is 2. The first-order valence-electron chi connectivity index (χ1n) is 8.99. The number of fused-ring (bicyclic) bond motifs is 2. The molecule has 0 unspecified atom stereocenters. The van der Waals surface area contributed by atoms with Gasteiger partial charge in [-0.2, -0.15) is 0 Å².